The van der Waals surface area contributed by atoms with Crippen molar-refractivity contribution in [1.29, 1.82) is 0 Å². The molecule has 0 aliphatic heterocycles. The fourth-order valence-corrected chi connectivity index (χ4v) is 9.68. The van der Waals surface area contributed by atoms with Gasteiger partial charge in [0, 0.05) is 113 Å². The summed E-state index contributed by atoms with van der Waals surface area (Å²) in [5.74, 6) is -17.9. The second kappa shape index (κ2) is 50.9. The highest BCUT2D eigenvalue weighted by atomic mass is 16.5. The van der Waals surface area contributed by atoms with Crippen molar-refractivity contribution in [3.8, 4) is 0 Å². The lowest BCUT2D eigenvalue weighted by molar-refractivity contribution is -0.141. The molecule has 36 heteroatoms. The predicted octanol–water partition coefficient (Wildman–Crippen LogP) is -1.59. The topological polar surface area (TPSA) is 609 Å². The van der Waals surface area contributed by atoms with Gasteiger partial charge in [-0.25, -0.2) is 0 Å². The van der Waals surface area contributed by atoms with Crippen LogP contribution in [0.4, 0.5) is 0 Å². The van der Waals surface area contributed by atoms with Crippen LogP contribution < -0.4 is 55.3 Å². The molecule has 1 aromatic rings. The molecule has 100 heavy (non-hydrogen) atoms. The van der Waals surface area contributed by atoms with Crippen molar-refractivity contribution in [3.63, 3.8) is 0 Å². The van der Waals surface area contributed by atoms with E-state index in [2.05, 4.69) is 36.6 Å². The minimum absolute atomic E-state index is 0.00242. The summed E-state index contributed by atoms with van der Waals surface area (Å²) in [7, 11) is 0. The summed E-state index contributed by atoms with van der Waals surface area (Å²) in [5, 5.41) is 59.8. The third kappa shape index (κ3) is 43.1. The third-order valence-corrected chi connectivity index (χ3v) is 15.1. The van der Waals surface area contributed by atoms with Crippen LogP contribution in [-0.4, -0.2) is 228 Å². The molecule has 0 saturated heterocycles. The van der Waals surface area contributed by atoms with E-state index in [0.717, 1.165) is 0 Å². The Bertz CT molecular complexity index is 2920. The lowest BCUT2D eigenvalue weighted by Gasteiger charge is -2.25. The molecule has 36 nitrogen and oxygen atoms in total. The Hall–Kier alpha value is -9.39. The highest BCUT2D eigenvalue weighted by Gasteiger charge is 2.35. The second-order valence-corrected chi connectivity index (χ2v) is 23.6. The Morgan fingerprint density at radius 2 is 0.880 bits per heavy atom. The van der Waals surface area contributed by atoms with E-state index >= 15 is 0 Å². The Labute approximate surface area is 578 Å². The number of nitrogens with one attached hydrogen (secondary N) is 5. The quantitative estimate of drug-likeness (QED) is 0.0151. The number of Topliss-reactive ketones (excluding diaryl/α,β-unsaturated/α-hetero) is 5. The summed E-state index contributed by atoms with van der Waals surface area (Å²) in [6.07, 6.45) is -6.06. The zero-order valence-corrected chi connectivity index (χ0v) is 56.6. The molecule has 0 radical (unpaired) electrons. The SMILES string of the molecule is CC(=O)c1ccc(C[C@H](NC(=O)[C@@H](CCC(=O)O)CC(=O)[C@@H](CCC(=O)O)NC(=O)[C@@H](CCC(=O)O)CC(=O)[C@@H](CCC(=O)O)NC(=O)[C@H](N)CCC(=O)O)C(=O)CCCOCCOCC(=O)NCCOCCOCC(=O)C[C@H](CCCN=C(N)N)C(=O)N[C@@H](C)CCCN=C(N)N)cc1. The van der Waals surface area contributed by atoms with Crippen LogP contribution >= 0.6 is 0 Å². The number of ether oxygens (including phenoxy) is 4. The largest absolute Gasteiger partial charge is 0.481 e. The van der Waals surface area contributed by atoms with Gasteiger partial charge in [-0.15, -0.1) is 0 Å². The van der Waals surface area contributed by atoms with Gasteiger partial charge in [-0.1, -0.05) is 24.3 Å². The van der Waals surface area contributed by atoms with Crippen molar-refractivity contribution in [2.24, 2.45) is 56.4 Å². The van der Waals surface area contributed by atoms with Gasteiger partial charge in [-0.2, -0.15) is 0 Å². The normalized spacial score (nSPS) is 13.4. The maximum absolute atomic E-state index is 14.2. The number of carboxylic acids is 5. The molecule has 5 amide bonds. The fourth-order valence-electron chi connectivity index (χ4n) is 9.68. The molecule has 0 bridgehead atoms. The maximum atomic E-state index is 14.2. The van der Waals surface area contributed by atoms with Crippen molar-refractivity contribution in [1.82, 2.24) is 26.6 Å². The van der Waals surface area contributed by atoms with Gasteiger partial charge in [-0.05, 0) is 90.0 Å². The van der Waals surface area contributed by atoms with Crippen molar-refractivity contribution < 1.29 is 116 Å². The molecule has 0 aliphatic rings. The number of carboxylic acid groups (broad SMARTS) is 5. The first-order chi connectivity index (χ1) is 47.3. The van der Waals surface area contributed by atoms with Crippen LogP contribution in [0.5, 0.6) is 0 Å². The van der Waals surface area contributed by atoms with Gasteiger partial charge in [0.15, 0.2) is 40.8 Å². The van der Waals surface area contributed by atoms with Gasteiger partial charge >= 0.3 is 29.8 Å². The molecule has 1 rings (SSSR count). The standard InChI is InChI=1S/C64H100N12O24/c1-38(6-3-23-71-63(66)67)73-59(93)42(7-4-24-72-64(68)69)33-45(78)36-99-30-29-98-27-25-70-53(82)37-100-31-28-97-26-5-8-50(79)49(32-40-9-11-41(12-10-40)39(2)77)76-61(95)44(14-19-55(85)86)35-51(80)47(16-21-57(89)90)74-60(94)43(13-18-54(83)84)34-52(81)48(17-22-58(91)92)75-62(96)46(65)15-20-56(87)88/h9-12,38,42-44,46-49H,3-8,13-37,65H2,1-2H3,(H,70,82)(H,73,93)(H,74,94)(H,75,96)(H,76,95)(H,83,84)(H,85,86)(H,87,88)(H,89,90)(H,91,92)(H4,66,67,71)(H4,68,69,72)/t38-,42-,43-,44-,46+,47+,48+,49-/m0/s1. The minimum Gasteiger partial charge on any atom is -0.481 e. The Kier molecular flexibility index (Phi) is 45.1. The molecule has 8 atom stereocenters. The number of carbonyl (C=O) groups excluding carboxylic acids is 10. The molecule has 0 fully saturated rings. The molecule has 560 valence electrons. The summed E-state index contributed by atoms with van der Waals surface area (Å²) >= 11 is 0. The van der Waals surface area contributed by atoms with Gasteiger partial charge in [0.1, 0.15) is 13.2 Å². The highest BCUT2D eigenvalue weighted by molar-refractivity contribution is 5.98. The monoisotopic (exact) mass is 1420 g/mol. The van der Waals surface area contributed by atoms with E-state index in [1.807, 2.05) is 6.92 Å². The molecule has 0 unspecified atom stereocenters. The molecule has 1 aromatic carbocycles. The summed E-state index contributed by atoms with van der Waals surface area (Å²) in [5.41, 5.74) is 28.1. The first-order valence-electron chi connectivity index (χ1n) is 32.7. The molecule has 0 aromatic heterocycles. The van der Waals surface area contributed by atoms with Crippen LogP contribution in [0, 0.1) is 17.8 Å². The lowest BCUT2D eigenvalue weighted by atomic mass is 9.89. The molecule has 0 spiro atoms. The number of nitrogens with two attached hydrogens (primary N) is 5. The first kappa shape index (κ1) is 88.6. The van der Waals surface area contributed by atoms with Gasteiger partial charge in [0.25, 0.3) is 0 Å². The number of aliphatic carboxylic acids is 5. The van der Waals surface area contributed by atoms with Gasteiger partial charge < -0.3 is 99.7 Å². The van der Waals surface area contributed by atoms with Gasteiger partial charge in [-0.3, -0.25) is 81.9 Å². The van der Waals surface area contributed by atoms with Crippen molar-refractivity contribution in [2.45, 2.75) is 172 Å². The minimum atomic E-state index is -1.76. The first-order valence-corrected chi connectivity index (χ1v) is 32.7. The van der Waals surface area contributed by atoms with E-state index in [1.165, 1.54) is 19.1 Å². The van der Waals surface area contributed by atoms with E-state index < -0.39 is 183 Å². The molecular weight excluding hydrogens is 1320 g/mol. The van der Waals surface area contributed by atoms with E-state index in [4.69, 9.17) is 52.7 Å². The van der Waals surface area contributed by atoms with E-state index in [0.29, 0.717) is 43.4 Å². The lowest BCUT2D eigenvalue weighted by Crippen LogP contribution is -2.50. The summed E-state index contributed by atoms with van der Waals surface area (Å²) in [4.78, 5) is 199. The highest BCUT2D eigenvalue weighted by Crippen LogP contribution is 2.21. The average Bonchev–Trinajstić information content (AvgIpc) is 0.877. The van der Waals surface area contributed by atoms with Crippen molar-refractivity contribution in [2.75, 3.05) is 72.5 Å². The van der Waals surface area contributed by atoms with Crippen molar-refractivity contribution in [3.05, 3.63) is 35.4 Å². The van der Waals surface area contributed by atoms with Crippen LogP contribution in [0.3, 0.4) is 0 Å². The number of amides is 5. The Morgan fingerprint density at radius 3 is 1.38 bits per heavy atom. The number of benzene rings is 1. The second-order valence-electron chi connectivity index (χ2n) is 23.6. The summed E-state index contributed by atoms with van der Waals surface area (Å²) < 4.78 is 21.9. The number of hydrogen-bond donors (Lipinski definition) is 15. The average molecular weight is 1420 g/mol. The van der Waals surface area contributed by atoms with Crippen molar-refractivity contribution >= 4 is 100 Å². The maximum Gasteiger partial charge on any atom is 0.303 e. The molecule has 20 N–H and O–H groups in total. The zero-order chi connectivity index (χ0) is 75.1. The summed E-state index contributed by atoms with van der Waals surface area (Å²) in [6, 6.07) is -0.289. The third-order valence-electron chi connectivity index (χ3n) is 15.1. The van der Waals surface area contributed by atoms with Crippen LogP contribution in [0.1, 0.15) is 152 Å². The molecule has 0 saturated carbocycles. The molecule has 0 heterocycles. The molecular formula is C64H100N12O24. The number of carbonyl (C=O) groups is 15. The van der Waals surface area contributed by atoms with Crippen LogP contribution in [-0.2, 0) is 92.5 Å². The Morgan fingerprint density at radius 1 is 0.450 bits per heavy atom. The zero-order valence-electron chi connectivity index (χ0n) is 56.6. The summed E-state index contributed by atoms with van der Waals surface area (Å²) in [6.45, 7) is 3.64. The van der Waals surface area contributed by atoms with Crippen LogP contribution in [0.2, 0.25) is 0 Å². The number of hydrogen-bond acceptors (Lipinski definition) is 22. The van der Waals surface area contributed by atoms with E-state index in [9.17, 15) is 92.3 Å². The number of aliphatic imine (C=N–C) groups is 2. The molecule has 0 aliphatic carbocycles. The smallest absolute Gasteiger partial charge is 0.303 e. The van der Waals surface area contributed by atoms with E-state index in [1.54, 1.807) is 12.1 Å². The number of ketones is 5. The van der Waals surface area contributed by atoms with Gasteiger partial charge in [0.2, 0.25) is 29.5 Å². The Balaban J connectivity index is 2.98. The number of guanidine groups is 2. The fraction of sp³-hybridized carbons (Fsp3) is 0.641. The predicted molar refractivity (Wildman–Crippen MR) is 356 cm³/mol. The van der Waals surface area contributed by atoms with Gasteiger partial charge in [0.05, 0.1) is 57.2 Å². The number of rotatable bonds is 60. The van der Waals surface area contributed by atoms with Crippen LogP contribution in [0.25, 0.3) is 0 Å². The number of nitrogens with zero attached hydrogens (tertiary/aromatic N) is 2. The van der Waals surface area contributed by atoms with Crippen LogP contribution in [0.15, 0.2) is 34.3 Å². The van der Waals surface area contributed by atoms with E-state index in [-0.39, 0.29) is 133 Å².